The molecule has 0 atom stereocenters. The standard InChI is InChI=1S/C21H28N2O5/c1-2-19(24)16-3-5-18(6-4-16)28-15-20(25)22-9-7-17(8-10-22)21(26)23-11-13-27-14-12-23/h3-6,17H,2,7-15H2,1H3. The Morgan fingerprint density at radius 3 is 2.25 bits per heavy atom. The Kier molecular flexibility index (Phi) is 7.03. The first kappa shape index (κ1) is 20.3. The maximum absolute atomic E-state index is 12.6. The molecule has 2 saturated heterocycles. The van der Waals surface area contributed by atoms with Crippen LogP contribution in [0.4, 0.5) is 0 Å². The second kappa shape index (κ2) is 9.68. The fraction of sp³-hybridized carbons (Fsp3) is 0.571. The van der Waals surface area contributed by atoms with Gasteiger partial charge >= 0.3 is 0 Å². The SMILES string of the molecule is CCC(=O)c1ccc(OCC(=O)N2CCC(C(=O)N3CCOCC3)CC2)cc1. The number of rotatable bonds is 6. The lowest BCUT2D eigenvalue weighted by atomic mass is 9.95. The first-order valence-corrected chi connectivity index (χ1v) is 9.99. The number of hydrogen-bond donors (Lipinski definition) is 0. The van der Waals surface area contributed by atoms with Crippen LogP contribution in [0.3, 0.4) is 0 Å². The second-order valence-electron chi connectivity index (χ2n) is 7.18. The van der Waals surface area contributed by atoms with Crippen LogP contribution >= 0.6 is 0 Å². The molecule has 152 valence electrons. The van der Waals surface area contributed by atoms with Crippen molar-refractivity contribution in [2.24, 2.45) is 5.92 Å². The molecule has 2 aliphatic heterocycles. The number of Topliss-reactive ketones (excluding diaryl/α,β-unsaturated/α-hetero) is 1. The Hall–Kier alpha value is -2.41. The van der Waals surface area contributed by atoms with Gasteiger partial charge in [-0.25, -0.2) is 0 Å². The summed E-state index contributed by atoms with van der Waals surface area (Å²) in [6.07, 6.45) is 1.84. The van der Waals surface area contributed by atoms with Crippen LogP contribution in [0.5, 0.6) is 5.75 Å². The van der Waals surface area contributed by atoms with Crippen LogP contribution in [-0.4, -0.2) is 73.4 Å². The van der Waals surface area contributed by atoms with Crippen LogP contribution in [0.2, 0.25) is 0 Å². The Morgan fingerprint density at radius 1 is 1.00 bits per heavy atom. The number of morpholine rings is 1. The van der Waals surface area contributed by atoms with Gasteiger partial charge in [0.15, 0.2) is 12.4 Å². The van der Waals surface area contributed by atoms with E-state index >= 15 is 0 Å². The summed E-state index contributed by atoms with van der Waals surface area (Å²) in [6.45, 7) is 5.47. The number of piperidine rings is 1. The summed E-state index contributed by atoms with van der Waals surface area (Å²) in [4.78, 5) is 40.2. The molecule has 7 heteroatoms. The van der Waals surface area contributed by atoms with E-state index in [1.165, 1.54) is 0 Å². The second-order valence-corrected chi connectivity index (χ2v) is 7.18. The average molecular weight is 388 g/mol. The van der Waals surface area contributed by atoms with Gasteiger partial charge in [0.1, 0.15) is 5.75 Å². The molecule has 0 aromatic heterocycles. The number of benzene rings is 1. The predicted octanol–water partition coefficient (Wildman–Crippen LogP) is 1.76. The lowest BCUT2D eigenvalue weighted by Crippen LogP contribution is -2.48. The summed E-state index contributed by atoms with van der Waals surface area (Å²) >= 11 is 0. The minimum absolute atomic E-state index is 0.00767. The Morgan fingerprint density at radius 2 is 1.64 bits per heavy atom. The summed E-state index contributed by atoms with van der Waals surface area (Å²) in [5.41, 5.74) is 0.646. The van der Waals surface area contributed by atoms with E-state index in [1.807, 2.05) is 11.8 Å². The maximum Gasteiger partial charge on any atom is 0.260 e. The molecule has 0 unspecified atom stereocenters. The minimum Gasteiger partial charge on any atom is -0.484 e. The highest BCUT2D eigenvalue weighted by Gasteiger charge is 2.30. The van der Waals surface area contributed by atoms with Gasteiger partial charge in [-0.05, 0) is 37.1 Å². The molecule has 1 aromatic rings. The molecule has 2 amide bonds. The molecule has 0 aliphatic carbocycles. The fourth-order valence-corrected chi connectivity index (χ4v) is 3.60. The van der Waals surface area contributed by atoms with Crippen molar-refractivity contribution < 1.29 is 23.9 Å². The van der Waals surface area contributed by atoms with Gasteiger partial charge in [-0.2, -0.15) is 0 Å². The summed E-state index contributed by atoms with van der Waals surface area (Å²) in [7, 11) is 0. The van der Waals surface area contributed by atoms with Crippen LogP contribution in [0.15, 0.2) is 24.3 Å². The fourth-order valence-electron chi connectivity index (χ4n) is 3.60. The first-order chi connectivity index (χ1) is 13.6. The number of nitrogens with zero attached hydrogens (tertiary/aromatic N) is 2. The van der Waals surface area contributed by atoms with Gasteiger partial charge in [0.2, 0.25) is 5.91 Å². The van der Waals surface area contributed by atoms with Crippen molar-refractivity contribution in [3.8, 4) is 5.75 Å². The summed E-state index contributed by atoms with van der Waals surface area (Å²) < 4.78 is 10.9. The van der Waals surface area contributed by atoms with Gasteiger partial charge < -0.3 is 19.3 Å². The van der Waals surface area contributed by atoms with Crippen molar-refractivity contribution in [2.75, 3.05) is 46.0 Å². The van der Waals surface area contributed by atoms with Gasteiger partial charge in [-0.15, -0.1) is 0 Å². The van der Waals surface area contributed by atoms with Crippen molar-refractivity contribution in [2.45, 2.75) is 26.2 Å². The first-order valence-electron chi connectivity index (χ1n) is 9.99. The summed E-state index contributed by atoms with van der Waals surface area (Å²) in [5.74, 6) is 0.751. The molecule has 7 nitrogen and oxygen atoms in total. The van der Waals surface area contributed by atoms with Crippen molar-refractivity contribution in [3.63, 3.8) is 0 Å². The van der Waals surface area contributed by atoms with Crippen LogP contribution < -0.4 is 4.74 Å². The molecular weight excluding hydrogens is 360 g/mol. The van der Waals surface area contributed by atoms with E-state index in [0.29, 0.717) is 70.0 Å². The minimum atomic E-state index is -0.0778. The van der Waals surface area contributed by atoms with Crippen LogP contribution in [0, 0.1) is 5.92 Å². The average Bonchev–Trinajstić information content (AvgIpc) is 2.77. The zero-order valence-electron chi connectivity index (χ0n) is 16.4. The molecule has 28 heavy (non-hydrogen) atoms. The van der Waals surface area contributed by atoms with Crippen molar-refractivity contribution in [1.82, 2.24) is 9.80 Å². The van der Waals surface area contributed by atoms with E-state index in [0.717, 1.165) is 0 Å². The zero-order valence-corrected chi connectivity index (χ0v) is 16.4. The van der Waals surface area contributed by atoms with E-state index in [4.69, 9.17) is 9.47 Å². The van der Waals surface area contributed by atoms with Crippen LogP contribution in [-0.2, 0) is 14.3 Å². The topological polar surface area (TPSA) is 76.2 Å². The summed E-state index contributed by atoms with van der Waals surface area (Å²) in [6, 6.07) is 6.86. The molecule has 1 aromatic carbocycles. The van der Waals surface area contributed by atoms with E-state index in [9.17, 15) is 14.4 Å². The van der Waals surface area contributed by atoms with Crippen LogP contribution in [0.25, 0.3) is 0 Å². The molecule has 0 spiro atoms. The van der Waals surface area contributed by atoms with E-state index in [1.54, 1.807) is 29.2 Å². The lowest BCUT2D eigenvalue weighted by Gasteiger charge is -2.35. The normalized spacial score (nSPS) is 18.0. The Balaban J connectivity index is 1.42. The molecule has 0 N–H and O–H groups in total. The van der Waals surface area contributed by atoms with E-state index in [2.05, 4.69) is 0 Å². The highest BCUT2D eigenvalue weighted by Crippen LogP contribution is 2.21. The van der Waals surface area contributed by atoms with E-state index in [-0.39, 0.29) is 30.1 Å². The molecule has 0 saturated carbocycles. The zero-order chi connectivity index (χ0) is 19.9. The molecule has 0 bridgehead atoms. The number of carbonyl (C=O) groups excluding carboxylic acids is 3. The van der Waals surface area contributed by atoms with Crippen molar-refractivity contribution in [1.29, 1.82) is 0 Å². The van der Waals surface area contributed by atoms with E-state index < -0.39 is 0 Å². The molecule has 3 rings (SSSR count). The predicted molar refractivity (Wildman–Crippen MR) is 103 cm³/mol. The number of hydrogen-bond acceptors (Lipinski definition) is 5. The number of ketones is 1. The monoisotopic (exact) mass is 388 g/mol. The third-order valence-electron chi connectivity index (χ3n) is 5.38. The van der Waals surface area contributed by atoms with Gasteiger partial charge in [-0.1, -0.05) is 6.92 Å². The summed E-state index contributed by atoms with van der Waals surface area (Å²) in [5, 5.41) is 0. The van der Waals surface area contributed by atoms with Gasteiger partial charge in [0, 0.05) is 44.1 Å². The third kappa shape index (κ3) is 5.10. The van der Waals surface area contributed by atoms with Crippen molar-refractivity contribution in [3.05, 3.63) is 29.8 Å². The smallest absolute Gasteiger partial charge is 0.260 e. The number of carbonyl (C=O) groups is 3. The molecule has 2 aliphatic rings. The maximum atomic E-state index is 12.6. The highest BCUT2D eigenvalue weighted by molar-refractivity contribution is 5.95. The lowest BCUT2D eigenvalue weighted by molar-refractivity contribution is -0.144. The Labute approximate surface area is 165 Å². The molecule has 2 heterocycles. The largest absolute Gasteiger partial charge is 0.484 e. The Bertz CT molecular complexity index is 689. The van der Waals surface area contributed by atoms with Gasteiger partial charge in [0.05, 0.1) is 13.2 Å². The highest BCUT2D eigenvalue weighted by atomic mass is 16.5. The van der Waals surface area contributed by atoms with Gasteiger partial charge in [-0.3, -0.25) is 14.4 Å². The quantitative estimate of drug-likeness (QED) is 0.694. The van der Waals surface area contributed by atoms with Gasteiger partial charge in [0.25, 0.3) is 5.91 Å². The number of ether oxygens (including phenoxy) is 2. The molecule has 0 radical (unpaired) electrons. The molecule has 2 fully saturated rings. The third-order valence-corrected chi connectivity index (χ3v) is 5.38. The van der Waals surface area contributed by atoms with Crippen molar-refractivity contribution >= 4 is 17.6 Å². The number of likely N-dealkylation sites (tertiary alicyclic amines) is 1. The van der Waals surface area contributed by atoms with Crippen LogP contribution in [0.1, 0.15) is 36.5 Å². The number of amides is 2. The molecular formula is C21H28N2O5.